The zero-order chi connectivity index (χ0) is 16.0. The van der Waals surface area contributed by atoms with Gasteiger partial charge in [0.25, 0.3) is 5.56 Å². The summed E-state index contributed by atoms with van der Waals surface area (Å²) >= 11 is 6.08. The Morgan fingerprint density at radius 3 is 2.91 bits per heavy atom. The second-order valence-corrected chi connectivity index (χ2v) is 5.60. The molecule has 5 nitrogen and oxygen atoms in total. The van der Waals surface area contributed by atoms with E-state index in [1.165, 1.54) is 4.68 Å². The SMILES string of the molecule is COc1cccc(-n2nc3c4cc(Cl)ccc4[nH]cc-3c2=O)c1. The van der Waals surface area contributed by atoms with Crippen molar-refractivity contribution in [2.45, 2.75) is 0 Å². The summed E-state index contributed by atoms with van der Waals surface area (Å²) < 4.78 is 6.59. The molecule has 6 heteroatoms. The highest BCUT2D eigenvalue weighted by Gasteiger charge is 2.19. The molecular weight excluding hydrogens is 314 g/mol. The van der Waals surface area contributed by atoms with Crippen LogP contribution in [0.5, 0.6) is 5.75 Å². The van der Waals surface area contributed by atoms with E-state index < -0.39 is 0 Å². The summed E-state index contributed by atoms with van der Waals surface area (Å²) in [6.07, 6.45) is 1.68. The first-order valence-corrected chi connectivity index (χ1v) is 7.39. The van der Waals surface area contributed by atoms with E-state index in [-0.39, 0.29) is 5.56 Å². The third-order valence-electron chi connectivity index (χ3n) is 3.78. The Bertz CT molecular complexity index is 1050. The lowest BCUT2D eigenvalue weighted by Gasteiger charge is -2.03. The molecule has 0 radical (unpaired) electrons. The van der Waals surface area contributed by atoms with Crippen molar-refractivity contribution < 1.29 is 4.74 Å². The smallest absolute Gasteiger partial charge is 0.282 e. The summed E-state index contributed by atoms with van der Waals surface area (Å²) in [5.74, 6) is 0.668. The van der Waals surface area contributed by atoms with Crippen molar-refractivity contribution >= 4 is 22.5 Å². The van der Waals surface area contributed by atoms with E-state index in [0.29, 0.717) is 27.7 Å². The Labute approximate surface area is 136 Å². The largest absolute Gasteiger partial charge is 0.497 e. The van der Waals surface area contributed by atoms with Crippen LogP contribution in [0.4, 0.5) is 0 Å². The molecule has 0 aliphatic carbocycles. The first kappa shape index (κ1) is 13.8. The normalized spacial score (nSPS) is 11.2. The molecule has 2 aromatic rings. The molecule has 1 N–H and O–H groups in total. The van der Waals surface area contributed by atoms with Gasteiger partial charge in [0.2, 0.25) is 0 Å². The van der Waals surface area contributed by atoms with Gasteiger partial charge >= 0.3 is 0 Å². The summed E-state index contributed by atoms with van der Waals surface area (Å²) in [5.41, 5.74) is 2.47. The molecule has 23 heavy (non-hydrogen) atoms. The maximum absolute atomic E-state index is 12.7. The van der Waals surface area contributed by atoms with E-state index in [1.54, 1.807) is 31.5 Å². The van der Waals surface area contributed by atoms with Crippen LogP contribution in [0, 0.1) is 0 Å². The summed E-state index contributed by atoms with van der Waals surface area (Å²) in [7, 11) is 1.58. The third kappa shape index (κ3) is 2.17. The fourth-order valence-corrected chi connectivity index (χ4v) is 2.82. The number of ether oxygens (including phenoxy) is 1. The lowest BCUT2D eigenvalue weighted by Crippen LogP contribution is -2.14. The van der Waals surface area contributed by atoms with Crippen molar-refractivity contribution in [2.75, 3.05) is 7.11 Å². The van der Waals surface area contributed by atoms with Gasteiger partial charge in [0, 0.05) is 28.2 Å². The zero-order valence-electron chi connectivity index (χ0n) is 12.2. The van der Waals surface area contributed by atoms with Crippen molar-refractivity contribution in [1.82, 2.24) is 14.8 Å². The molecule has 0 spiro atoms. The summed E-state index contributed by atoms with van der Waals surface area (Å²) in [5, 5.41) is 5.91. The average molecular weight is 326 g/mol. The molecule has 2 aliphatic heterocycles. The van der Waals surface area contributed by atoms with Gasteiger partial charge in [-0.1, -0.05) is 17.7 Å². The molecule has 2 aliphatic rings. The van der Waals surface area contributed by atoms with Gasteiger partial charge in [-0.2, -0.15) is 9.78 Å². The number of methoxy groups -OCH3 is 1. The Kier molecular flexibility index (Phi) is 3.09. The quantitative estimate of drug-likeness (QED) is 0.614. The minimum absolute atomic E-state index is 0.189. The summed E-state index contributed by atoms with van der Waals surface area (Å²) in [6.45, 7) is 0. The monoisotopic (exact) mass is 325 g/mol. The Balaban J connectivity index is 2.03. The van der Waals surface area contributed by atoms with Gasteiger partial charge in [0.05, 0.1) is 18.4 Å². The number of nitrogens with zero attached hydrogens (tertiary/aromatic N) is 2. The van der Waals surface area contributed by atoms with E-state index in [2.05, 4.69) is 10.1 Å². The van der Waals surface area contributed by atoms with Gasteiger partial charge in [-0.25, -0.2) is 0 Å². The number of pyridine rings is 1. The standard InChI is InChI=1S/C17H12ClN3O2/c1-23-12-4-2-3-11(8-12)21-17(22)14-9-19-15-6-5-10(18)7-13(15)16(14)20-21/h2-9,19H,1H3. The first-order valence-electron chi connectivity index (χ1n) is 7.01. The Hall–Kier alpha value is -2.79. The van der Waals surface area contributed by atoms with Crippen LogP contribution in [-0.4, -0.2) is 21.9 Å². The van der Waals surface area contributed by atoms with Gasteiger partial charge in [0.15, 0.2) is 0 Å². The van der Waals surface area contributed by atoms with Crippen LogP contribution in [0.2, 0.25) is 5.02 Å². The van der Waals surface area contributed by atoms with Crippen LogP contribution in [-0.2, 0) is 0 Å². The van der Waals surface area contributed by atoms with Crippen LogP contribution < -0.4 is 10.3 Å². The lowest BCUT2D eigenvalue weighted by molar-refractivity contribution is 0.414. The van der Waals surface area contributed by atoms with E-state index >= 15 is 0 Å². The lowest BCUT2D eigenvalue weighted by atomic mass is 10.1. The van der Waals surface area contributed by atoms with Crippen LogP contribution in [0.1, 0.15) is 0 Å². The maximum atomic E-state index is 12.7. The second-order valence-electron chi connectivity index (χ2n) is 5.16. The molecule has 0 saturated carbocycles. The van der Waals surface area contributed by atoms with Crippen molar-refractivity contribution in [1.29, 1.82) is 0 Å². The van der Waals surface area contributed by atoms with Gasteiger partial charge in [-0.3, -0.25) is 4.79 Å². The van der Waals surface area contributed by atoms with Crippen LogP contribution in [0.3, 0.4) is 0 Å². The minimum atomic E-state index is -0.189. The van der Waals surface area contributed by atoms with E-state index in [9.17, 15) is 4.79 Å². The highest BCUT2D eigenvalue weighted by molar-refractivity contribution is 6.31. The predicted molar refractivity (Wildman–Crippen MR) is 89.9 cm³/mol. The molecule has 0 amide bonds. The number of hydrogen-bond acceptors (Lipinski definition) is 3. The molecule has 0 fully saturated rings. The van der Waals surface area contributed by atoms with Crippen molar-refractivity contribution in [3.05, 3.63) is 64.0 Å². The highest BCUT2D eigenvalue weighted by Crippen LogP contribution is 2.28. The fourth-order valence-electron chi connectivity index (χ4n) is 2.65. The zero-order valence-corrected chi connectivity index (χ0v) is 13.0. The summed E-state index contributed by atoms with van der Waals surface area (Å²) in [4.78, 5) is 15.8. The molecule has 0 unspecified atom stereocenters. The number of H-pyrrole nitrogens is 1. The third-order valence-corrected chi connectivity index (χ3v) is 4.02. The molecule has 0 atom stereocenters. The maximum Gasteiger partial charge on any atom is 0.282 e. The molecule has 0 saturated heterocycles. The van der Waals surface area contributed by atoms with E-state index in [0.717, 1.165) is 10.9 Å². The molecule has 0 aromatic heterocycles. The average Bonchev–Trinajstić information content (AvgIpc) is 2.92. The number of aromatic nitrogens is 3. The molecule has 2 heterocycles. The van der Waals surface area contributed by atoms with E-state index in [4.69, 9.17) is 16.3 Å². The fraction of sp³-hybridized carbons (Fsp3) is 0.0588. The van der Waals surface area contributed by atoms with Crippen LogP contribution in [0.25, 0.3) is 27.8 Å². The van der Waals surface area contributed by atoms with Gasteiger partial charge in [0.1, 0.15) is 11.4 Å². The topological polar surface area (TPSA) is 59.9 Å². The molecular formula is C17H12ClN3O2. The van der Waals surface area contributed by atoms with Crippen molar-refractivity contribution in [3.8, 4) is 22.7 Å². The number of aromatic amines is 1. The first-order chi connectivity index (χ1) is 11.2. The number of halogens is 1. The van der Waals surface area contributed by atoms with Gasteiger partial charge in [-0.05, 0) is 30.3 Å². The van der Waals surface area contributed by atoms with Gasteiger partial charge < -0.3 is 9.72 Å². The van der Waals surface area contributed by atoms with Crippen molar-refractivity contribution in [3.63, 3.8) is 0 Å². The Morgan fingerprint density at radius 2 is 2.09 bits per heavy atom. The van der Waals surface area contributed by atoms with Crippen LogP contribution in [0.15, 0.2) is 53.5 Å². The number of rotatable bonds is 2. The van der Waals surface area contributed by atoms with Gasteiger partial charge in [-0.15, -0.1) is 0 Å². The predicted octanol–water partition coefficient (Wildman–Crippen LogP) is 3.48. The number of nitrogens with one attached hydrogen (secondary N) is 1. The highest BCUT2D eigenvalue weighted by atomic mass is 35.5. The van der Waals surface area contributed by atoms with E-state index in [1.807, 2.05) is 24.3 Å². The molecule has 0 bridgehead atoms. The van der Waals surface area contributed by atoms with Crippen LogP contribution >= 0.6 is 11.6 Å². The molecule has 2 aromatic carbocycles. The molecule has 114 valence electrons. The number of hydrogen-bond donors (Lipinski definition) is 1. The van der Waals surface area contributed by atoms with Crippen molar-refractivity contribution in [2.24, 2.45) is 0 Å². The second kappa shape index (κ2) is 5.14. The summed E-state index contributed by atoms with van der Waals surface area (Å²) in [6, 6.07) is 12.7. The Morgan fingerprint density at radius 1 is 1.22 bits per heavy atom. The number of benzene rings is 2. The minimum Gasteiger partial charge on any atom is -0.497 e. The number of fused-ring (bicyclic) bond motifs is 3. The molecule has 4 rings (SSSR count).